The van der Waals surface area contributed by atoms with Crippen molar-refractivity contribution in [2.75, 3.05) is 27.1 Å². The topological polar surface area (TPSA) is 66.6 Å². The Balaban J connectivity index is 3.10. The average molecular weight is 214 g/mol. The van der Waals surface area contributed by atoms with E-state index in [9.17, 15) is 0 Å². The van der Waals surface area contributed by atoms with Crippen molar-refractivity contribution in [1.29, 1.82) is 0 Å². The summed E-state index contributed by atoms with van der Waals surface area (Å²) in [6.07, 6.45) is 3.20. The van der Waals surface area contributed by atoms with Gasteiger partial charge in [0, 0.05) is 38.9 Å². The number of anilines is 1. The first-order valence-corrected chi connectivity index (χ1v) is 5.77. The number of rotatable bonds is 4. The Bertz CT molecular complexity index is 296. The van der Waals surface area contributed by atoms with Gasteiger partial charge in [-0.15, -0.1) is 0 Å². The van der Waals surface area contributed by atoms with Gasteiger partial charge in [0.25, 0.3) is 0 Å². The third-order valence-electron chi connectivity index (χ3n) is 1.92. The van der Waals surface area contributed by atoms with Gasteiger partial charge >= 0.3 is 8.80 Å². The highest BCUT2D eigenvalue weighted by molar-refractivity contribution is 6.75. The van der Waals surface area contributed by atoms with Crippen LogP contribution < -0.4 is 10.9 Å². The highest BCUT2D eigenvalue weighted by atomic mass is 28.4. The van der Waals surface area contributed by atoms with Crippen LogP contribution in [0, 0.1) is 0 Å². The first-order valence-electron chi connectivity index (χ1n) is 4.05. The quantitative estimate of drug-likeness (QED) is 0.700. The van der Waals surface area contributed by atoms with Crippen molar-refractivity contribution in [2.45, 2.75) is 0 Å². The van der Waals surface area contributed by atoms with Gasteiger partial charge in [0.2, 0.25) is 0 Å². The summed E-state index contributed by atoms with van der Waals surface area (Å²) in [5.74, 6) is 0. The molecule has 6 heteroatoms. The Kier molecular flexibility index (Phi) is 3.59. The number of nitrogens with two attached hydrogens (primary N) is 1. The molecule has 1 aromatic heterocycles. The van der Waals surface area contributed by atoms with Crippen LogP contribution >= 0.6 is 0 Å². The zero-order valence-electron chi connectivity index (χ0n) is 8.48. The van der Waals surface area contributed by atoms with E-state index in [1.54, 1.807) is 39.8 Å². The molecular weight excluding hydrogens is 200 g/mol. The minimum atomic E-state index is -2.77. The van der Waals surface area contributed by atoms with Crippen LogP contribution in [-0.2, 0) is 13.3 Å². The number of aromatic nitrogens is 1. The average Bonchev–Trinajstić information content (AvgIpc) is 2.22. The molecule has 1 aromatic rings. The predicted octanol–water partition coefficient (Wildman–Crippen LogP) is -0.251. The van der Waals surface area contributed by atoms with Crippen LogP contribution in [0.2, 0.25) is 0 Å². The van der Waals surface area contributed by atoms with Crippen LogP contribution in [0.25, 0.3) is 0 Å². The van der Waals surface area contributed by atoms with Gasteiger partial charge < -0.3 is 19.0 Å². The Hall–Kier alpha value is -0.953. The molecule has 0 fully saturated rings. The van der Waals surface area contributed by atoms with E-state index in [2.05, 4.69) is 4.98 Å². The zero-order chi connectivity index (χ0) is 10.6. The Morgan fingerprint density at radius 2 is 1.71 bits per heavy atom. The van der Waals surface area contributed by atoms with Crippen LogP contribution in [0.15, 0.2) is 18.5 Å². The number of hydrogen-bond donors (Lipinski definition) is 1. The molecule has 14 heavy (non-hydrogen) atoms. The molecule has 1 heterocycles. The lowest BCUT2D eigenvalue weighted by Gasteiger charge is -2.24. The smallest absolute Gasteiger partial charge is 0.397 e. The van der Waals surface area contributed by atoms with E-state index in [-0.39, 0.29) is 0 Å². The summed E-state index contributed by atoms with van der Waals surface area (Å²) in [5, 5.41) is 0.755. The maximum Gasteiger partial charge on any atom is 0.538 e. The van der Waals surface area contributed by atoms with Gasteiger partial charge in [-0.2, -0.15) is 0 Å². The van der Waals surface area contributed by atoms with Crippen LogP contribution in [0.5, 0.6) is 0 Å². The fourth-order valence-corrected chi connectivity index (χ4v) is 3.01. The molecule has 2 N–H and O–H groups in total. The fraction of sp³-hybridized carbons (Fsp3) is 0.375. The van der Waals surface area contributed by atoms with Crippen molar-refractivity contribution in [1.82, 2.24) is 4.98 Å². The Morgan fingerprint density at radius 3 is 2.14 bits per heavy atom. The van der Waals surface area contributed by atoms with E-state index in [0.717, 1.165) is 5.19 Å². The predicted molar refractivity (Wildman–Crippen MR) is 55.1 cm³/mol. The van der Waals surface area contributed by atoms with E-state index in [4.69, 9.17) is 19.0 Å². The Labute approximate surface area is 84.2 Å². The summed E-state index contributed by atoms with van der Waals surface area (Å²) in [6.45, 7) is 0. The molecule has 0 amide bonds. The normalized spacial score (nSPS) is 11.6. The van der Waals surface area contributed by atoms with Gasteiger partial charge in [0.05, 0.1) is 5.69 Å². The minimum Gasteiger partial charge on any atom is -0.397 e. The van der Waals surface area contributed by atoms with Crippen LogP contribution in [0.1, 0.15) is 0 Å². The first-order chi connectivity index (χ1) is 6.68. The van der Waals surface area contributed by atoms with Crippen molar-refractivity contribution in [2.24, 2.45) is 0 Å². The molecule has 78 valence electrons. The molecule has 0 aliphatic carbocycles. The summed E-state index contributed by atoms with van der Waals surface area (Å²) in [7, 11) is 1.86. The molecule has 0 unspecified atom stereocenters. The zero-order valence-corrected chi connectivity index (χ0v) is 9.48. The number of nitrogen functional groups attached to an aromatic ring is 1. The highest BCUT2D eigenvalue weighted by Gasteiger charge is 2.41. The van der Waals surface area contributed by atoms with Gasteiger partial charge in [0.15, 0.2) is 0 Å². The second-order valence-electron chi connectivity index (χ2n) is 2.68. The SMILES string of the molecule is CO[Si](OC)(OC)c1cncc(N)c1. The molecule has 5 nitrogen and oxygen atoms in total. The third-order valence-corrected chi connectivity index (χ3v) is 4.51. The molecule has 0 spiro atoms. The largest absolute Gasteiger partial charge is 0.538 e. The first kappa shape index (κ1) is 11.1. The number of nitrogens with zero attached hydrogens (tertiary/aromatic N) is 1. The summed E-state index contributed by atoms with van der Waals surface area (Å²) in [5.41, 5.74) is 6.17. The van der Waals surface area contributed by atoms with Crippen LogP contribution in [0.4, 0.5) is 5.69 Å². The van der Waals surface area contributed by atoms with Crippen molar-refractivity contribution in [3.05, 3.63) is 18.5 Å². The maximum absolute atomic E-state index is 5.61. The summed E-state index contributed by atoms with van der Waals surface area (Å²) in [4.78, 5) is 3.96. The van der Waals surface area contributed by atoms with Gasteiger partial charge in [-0.05, 0) is 6.07 Å². The number of pyridine rings is 1. The van der Waals surface area contributed by atoms with Crippen molar-refractivity contribution >= 4 is 19.7 Å². The summed E-state index contributed by atoms with van der Waals surface area (Å²) < 4.78 is 15.8. The standard InChI is InChI=1S/C8H14N2O3Si/c1-11-14(12-2,13-3)8-4-7(9)5-10-6-8/h4-6H,9H2,1-3H3. The lowest BCUT2D eigenvalue weighted by atomic mass is 10.4. The lowest BCUT2D eigenvalue weighted by molar-refractivity contribution is 0.140. The molecule has 0 aliphatic rings. The molecule has 0 saturated heterocycles. The molecule has 0 aliphatic heterocycles. The molecule has 0 radical (unpaired) electrons. The van der Waals surface area contributed by atoms with Gasteiger partial charge in [-0.1, -0.05) is 0 Å². The van der Waals surface area contributed by atoms with E-state index < -0.39 is 8.80 Å². The summed E-state index contributed by atoms with van der Waals surface area (Å²) in [6, 6.07) is 1.75. The van der Waals surface area contributed by atoms with Gasteiger partial charge in [-0.3, -0.25) is 4.98 Å². The van der Waals surface area contributed by atoms with Gasteiger partial charge in [0.1, 0.15) is 0 Å². The van der Waals surface area contributed by atoms with Crippen molar-refractivity contribution < 1.29 is 13.3 Å². The van der Waals surface area contributed by atoms with E-state index >= 15 is 0 Å². The van der Waals surface area contributed by atoms with E-state index in [1.807, 2.05) is 0 Å². The Morgan fingerprint density at radius 1 is 1.14 bits per heavy atom. The lowest BCUT2D eigenvalue weighted by Crippen LogP contribution is -2.54. The number of hydrogen-bond acceptors (Lipinski definition) is 5. The molecular formula is C8H14N2O3Si. The van der Waals surface area contributed by atoms with Crippen molar-refractivity contribution in [3.8, 4) is 0 Å². The summed E-state index contributed by atoms with van der Waals surface area (Å²) >= 11 is 0. The minimum absolute atomic E-state index is 0.561. The molecule has 0 aromatic carbocycles. The third kappa shape index (κ3) is 1.93. The van der Waals surface area contributed by atoms with E-state index in [0.29, 0.717) is 5.69 Å². The molecule has 0 saturated carbocycles. The van der Waals surface area contributed by atoms with Crippen molar-refractivity contribution in [3.63, 3.8) is 0 Å². The highest BCUT2D eigenvalue weighted by Crippen LogP contribution is 2.07. The molecule has 0 bridgehead atoms. The molecule has 0 atom stereocenters. The second-order valence-corrected chi connectivity index (χ2v) is 5.59. The van der Waals surface area contributed by atoms with Gasteiger partial charge in [-0.25, -0.2) is 0 Å². The van der Waals surface area contributed by atoms with Crippen LogP contribution in [-0.4, -0.2) is 35.1 Å². The van der Waals surface area contributed by atoms with Crippen LogP contribution in [0.3, 0.4) is 0 Å². The monoisotopic (exact) mass is 214 g/mol. The fourth-order valence-electron chi connectivity index (χ4n) is 1.23. The second kappa shape index (κ2) is 4.51. The molecule has 1 rings (SSSR count). The maximum atomic E-state index is 5.61. The van der Waals surface area contributed by atoms with E-state index in [1.165, 1.54) is 0 Å².